The second-order valence-electron chi connectivity index (χ2n) is 5.71. The van der Waals surface area contributed by atoms with Gasteiger partial charge in [0.05, 0.1) is 0 Å². The molecule has 2 aromatic rings. The van der Waals surface area contributed by atoms with E-state index in [-0.39, 0.29) is 0 Å². The summed E-state index contributed by atoms with van der Waals surface area (Å²) in [5, 5.41) is 13.6. The summed E-state index contributed by atoms with van der Waals surface area (Å²) in [5.74, 6) is 1.34. The Bertz CT molecular complexity index is 543. The van der Waals surface area contributed by atoms with Crippen molar-refractivity contribution in [1.82, 2.24) is 30.2 Å². The number of aromatic amines is 1. The van der Waals surface area contributed by atoms with Crippen molar-refractivity contribution in [2.75, 3.05) is 6.61 Å². The summed E-state index contributed by atoms with van der Waals surface area (Å²) in [6, 6.07) is 1.16. The minimum Gasteiger partial charge on any atom is -0.361 e. The molecule has 0 fully saturated rings. The van der Waals surface area contributed by atoms with Crippen LogP contribution in [-0.2, 0) is 11.5 Å². The first-order valence-corrected chi connectivity index (χ1v) is 10.3. The van der Waals surface area contributed by atoms with Gasteiger partial charge >= 0.3 is 0 Å². The van der Waals surface area contributed by atoms with Crippen LogP contribution >= 0.6 is 0 Å². The number of hydrogen-bond donors (Lipinski definition) is 1. The highest BCUT2D eigenvalue weighted by Crippen LogP contribution is 2.09. The molecule has 8 heteroatoms. The standard InChI is InChI=1S/C12H20N6OSi/c1-20(2,3)9-8-19-10-18-7-6-13-12(18)5-4-11-14-16-17-15-11/h4-7H,8-10H2,1-3H3,(H,14,15,16,17). The third kappa shape index (κ3) is 4.70. The van der Waals surface area contributed by atoms with E-state index in [1.807, 2.05) is 16.8 Å². The Labute approximate surface area is 119 Å². The number of ether oxygens (including phenoxy) is 1. The molecule has 0 aliphatic rings. The van der Waals surface area contributed by atoms with Gasteiger partial charge in [-0.1, -0.05) is 19.6 Å². The van der Waals surface area contributed by atoms with Crippen LogP contribution in [0.5, 0.6) is 0 Å². The van der Waals surface area contributed by atoms with Gasteiger partial charge < -0.3 is 9.30 Å². The van der Waals surface area contributed by atoms with Gasteiger partial charge in [-0.25, -0.2) is 4.98 Å². The predicted molar refractivity (Wildman–Crippen MR) is 79.4 cm³/mol. The predicted octanol–water partition coefficient (Wildman–Crippen LogP) is 1.88. The SMILES string of the molecule is C[Si](C)(C)CCOCn1ccnc1C=Cc1nn[nH]n1. The fourth-order valence-corrected chi connectivity index (χ4v) is 2.28. The largest absolute Gasteiger partial charge is 0.361 e. The van der Waals surface area contributed by atoms with Crippen LogP contribution in [0.3, 0.4) is 0 Å². The van der Waals surface area contributed by atoms with Crippen molar-refractivity contribution in [3.05, 3.63) is 24.0 Å². The maximum Gasteiger partial charge on any atom is 0.197 e. The summed E-state index contributed by atoms with van der Waals surface area (Å²) in [4.78, 5) is 4.26. The molecule has 2 rings (SSSR count). The molecule has 0 saturated carbocycles. The van der Waals surface area contributed by atoms with Crippen molar-refractivity contribution in [3.63, 3.8) is 0 Å². The first-order valence-electron chi connectivity index (χ1n) is 6.55. The van der Waals surface area contributed by atoms with E-state index in [9.17, 15) is 0 Å². The number of tetrazole rings is 1. The number of imidazole rings is 1. The van der Waals surface area contributed by atoms with E-state index in [4.69, 9.17) is 4.74 Å². The van der Waals surface area contributed by atoms with Gasteiger partial charge in [0.15, 0.2) is 5.82 Å². The summed E-state index contributed by atoms with van der Waals surface area (Å²) in [7, 11) is -1.04. The zero-order valence-electron chi connectivity index (χ0n) is 12.1. The Hall–Kier alpha value is -1.80. The highest BCUT2D eigenvalue weighted by molar-refractivity contribution is 6.76. The van der Waals surface area contributed by atoms with Gasteiger partial charge in [0.2, 0.25) is 0 Å². The molecule has 0 radical (unpaired) electrons. The van der Waals surface area contributed by atoms with Crippen LogP contribution in [0.2, 0.25) is 25.7 Å². The molecule has 7 nitrogen and oxygen atoms in total. The Morgan fingerprint density at radius 3 is 2.90 bits per heavy atom. The van der Waals surface area contributed by atoms with E-state index < -0.39 is 8.07 Å². The van der Waals surface area contributed by atoms with Gasteiger partial charge in [0, 0.05) is 27.1 Å². The van der Waals surface area contributed by atoms with E-state index in [0.717, 1.165) is 18.5 Å². The van der Waals surface area contributed by atoms with Gasteiger partial charge in [-0.05, 0) is 23.4 Å². The van der Waals surface area contributed by atoms with Crippen molar-refractivity contribution in [1.29, 1.82) is 0 Å². The molecule has 1 N–H and O–H groups in total. The second kappa shape index (κ2) is 6.57. The Kier molecular flexibility index (Phi) is 4.80. The molecule has 0 saturated heterocycles. The smallest absolute Gasteiger partial charge is 0.197 e. The number of aromatic nitrogens is 6. The molecular formula is C12H20N6OSi. The summed E-state index contributed by atoms with van der Waals surface area (Å²) in [6.45, 7) is 8.32. The molecule has 20 heavy (non-hydrogen) atoms. The van der Waals surface area contributed by atoms with Crippen LogP contribution in [0, 0.1) is 0 Å². The van der Waals surface area contributed by atoms with Crippen LogP contribution in [0.15, 0.2) is 12.4 Å². The maximum absolute atomic E-state index is 5.71. The van der Waals surface area contributed by atoms with E-state index in [1.54, 1.807) is 12.3 Å². The van der Waals surface area contributed by atoms with E-state index in [0.29, 0.717) is 12.6 Å². The minimum atomic E-state index is -1.04. The molecule has 0 aliphatic heterocycles. The van der Waals surface area contributed by atoms with Crippen molar-refractivity contribution < 1.29 is 4.74 Å². The van der Waals surface area contributed by atoms with Crippen molar-refractivity contribution in [2.45, 2.75) is 32.4 Å². The lowest BCUT2D eigenvalue weighted by Crippen LogP contribution is -2.22. The molecule has 0 aliphatic carbocycles. The number of nitrogens with one attached hydrogen (secondary N) is 1. The molecule has 2 aromatic heterocycles. The third-order valence-corrected chi connectivity index (χ3v) is 4.42. The van der Waals surface area contributed by atoms with E-state index in [2.05, 4.69) is 45.2 Å². The lowest BCUT2D eigenvalue weighted by atomic mass is 10.4. The molecular weight excluding hydrogens is 272 g/mol. The highest BCUT2D eigenvalue weighted by atomic mass is 28.3. The average Bonchev–Trinajstić information content (AvgIpc) is 3.02. The van der Waals surface area contributed by atoms with Gasteiger partial charge in [0.1, 0.15) is 12.6 Å². The van der Waals surface area contributed by atoms with Crippen molar-refractivity contribution in [3.8, 4) is 0 Å². The molecule has 0 atom stereocenters. The van der Waals surface area contributed by atoms with Crippen LogP contribution in [-0.4, -0.2) is 44.9 Å². The monoisotopic (exact) mass is 292 g/mol. The highest BCUT2D eigenvalue weighted by Gasteiger charge is 2.12. The van der Waals surface area contributed by atoms with Gasteiger partial charge in [-0.2, -0.15) is 5.21 Å². The number of H-pyrrole nitrogens is 1. The van der Waals surface area contributed by atoms with Gasteiger partial charge in [0.25, 0.3) is 0 Å². The molecule has 0 aromatic carbocycles. The fraction of sp³-hybridized carbons (Fsp3) is 0.500. The zero-order chi connectivity index (χ0) is 14.4. The second-order valence-corrected chi connectivity index (χ2v) is 11.3. The quantitative estimate of drug-likeness (QED) is 0.622. The lowest BCUT2D eigenvalue weighted by Gasteiger charge is -2.15. The van der Waals surface area contributed by atoms with Crippen LogP contribution in [0.25, 0.3) is 12.2 Å². The topological polar surface area (TPSA) is 81.5 Å². The molecule has 0 amide bonds. The zero-order valence-corrected chi connectivity index (χ0v) is 13.1. The molecule has 0 unspecified atom stereocenters. The Morgan fingerprint density at radius 1 is 1.35 bits per heavy atom. The molecule has 0 spiro atoms. The van der Waals surface area contributed by atoms with Crippen molar-refractivity contribution in [2.24, 2.45) is 0 Å². The first kappa shape index (κ1) is 14.6. The van der Waals surface area contributed by atoms with Crippen LogP contribution < -0.4 is 0 Å². The van der Waals surface area contributed by atoms with Crippen molar-refractivity contribution >= 4 is 20.2 Å². The van der Waals surface area contributed by atoms with Gasteiger partial charge in [-0.15, -0.1) is 10.2 Å². The molecule has 2 heterocycles. The maximum atomic E-state index is 5.71. The summed E-state index contributed by atoms with van der Waals surface area (Å²) >= 11 is 0. The average molecular weight is 292 g/mol. The molecule has 108 valence electrons. The van der Waals surface area contributed by atoms with Crippen LogP contribution in [0.1, 0.15) is 11.6 Å². The Morgan fingerprint density at radius 2 is 2.20 bits per heavy atom. The van der Waals surface area contributed by atoms with Gasteiger partial charge in [-0.3, -0.25) is 0 Å². The number of rotatable bonds is 7. The lowest BCUT2D eigenvalue weighted by molar-refractivity contribution is 0.0867. The van der Waals surface area contributed by atoms with E-state index >= 15 is 0 Å². The van der Waals surface area contributed by atoms with Crippen LogP contribution in [0.4, 0.5) is 0 Å². The minimum absolute atomic E-state index is 0.510. The number of hydrogen-bond acceptors (Lipinski definition) is 5. The summed E-state index contributed by atoms with van der Waals surface area (Å²) < 4.78 is 7.65. The van der Waals surface area contributed by atoms with E-state index in [1.165, 1.54) is 0 Å². The third-order valence-electron chi connectivity index (χ3n) is 2.72. The summed E-state index contributed by atoms with van der Waals surface area (Å²) in [5.41, 5.74) is 0. The number of nitrogens with zero attached hydrogens (tertiary/aromatic N) is 5. The molecule has 0 bridgehead atoms. The first-order chi connectivity index (χ1) is 9.54. The fourth-order valence-electron chi connectivity index (χ4n) is 1.52. The summed E-state index contributed by atoms with van der Waals surface area (Å²) in [6.07, 6.45) is 7.24. The normalized spacial score (nSPS) is 12.3. The Balaban J connectivity index is 1.86.